The van der Waals surface area contributed by atoms with Crippen molar-refractivity contribution in [2.75, 3.05) is 0 Å². The zero-order valence-electron chi connectivity index (χ0n) is 19.8. The largest absolute Gasteiger partial charge is 0.414 e. The molecule has 1 aliphatic rings. The molecule has 1 heterocycles. The van der Waals surface area contributed by atoms with Gasteiger partial charge in [0.05, 0.1) is 12.2 Å². The highest BCUT2D eigenvalue weighted by Crippen LogP contribution is 2.37. The lowest BCUT2D eigenvalue weighted by molar-refractivity contribution is -0.289. The summed E-state index contributed by atoms with van der Waals surface area (Å²) in [4.78, 5) is 0. The lowest BCUT2D eigenvalue weighted by Gasteiger charge is -2.39. The number of hydrogen-bond acceptors (Lipinski definition) is 3. The Kier molecular flexibility index (Phi) is 11.4. The van der Waals surface area contributed by atoms with E-state index in [4.69, 9.17) is 13.9 Å². The number of hydrogen-bond donors (Lipinski definition) is 0. The third-order valence-electron chi connectivity index (χ3n) is 5.73. The molecule has 3 nitrogen and oxygen atoms in total. The Bertz CT molecular complexity index is 561. The Morgan fingerprint density at radius 3 is 2.48 bits per heavy atom. The Hall–Kier alpha value is 0.0469. The van der Waals surface area contributed by atoms with E-state index in [-0.39, 0.29) is 17.2 Å². The monoisotopic (exact) mass is 534 g/mol. The second-order valence-electron chi connectivity index (χ2n) is 10.1. The van der Waals surface area contributed by atoms with E-state index in [1.54, 1.807) is 0 Å². The Morgan fingerprint density at radius 1 is 1.17 bits per heavy atom. The molecule has 0 aromatic rings. The molecule has 1 saturated heterocycles. The first-order valence-electron chi connectivity index (χ1n) is 11.0. The molecule has 0 radical (unpaired) electrons. The molecule has 0 unspecified atom stereocenters. The van der Waals surface area contributed by atoms with Crippen LogP contribution in [0.3, 0.4) is 0 Å². The molecule has 0 aromatic heterocycles. The van der Waals surface area contributed by atoms with Crippen molar-refractivity contribution in [3.63, 3.8) is 0 Å². The van der Waals surface area contributed by atoms with Crippen LogP contribution in [0.25, 0.3) is 0 Å². The number of rotatable bonds is 10. The average Bonchev–Trinajstić information content (AvgIpc) is 2.56. The first kappa shape index (κ1) is 27.1. The molecule has 29 heavy (non-hydrogen) atoms. The van der Waals surface area contributed by atoms with Crippen molar-refractivity contribution in [1.82, 2.24) is 0 Å². The number of unbranched alkanes of at least 4 members (excludes halogenated alkanes) is 1. The molecule has 0 N–H and O–H groups in total. The van der Waals surface area contributed by atoms with Crippen molar-refractivity contribution in [2.45, 2.75) is 116 Å². The highest BCUT2D eigenvalue weighted by atomic mass is 127. The summed E-state index contributed by atoms with van der Waals surface area (Å²) in [5, 5.41) is 0.276. The van der Waals surface area contributed by atoms with E-state index in [1.807, 2.05) is 13.8 Å². The van der Waals surface area contributed by atoms with E-state index in [0.29, 0.717) is 6.10 Å². The maximum absolute atomic E-state index is 6.43. The molecule has 0 aliphatic carbocycles. The van der Waals surface area contributed by atoms with Gasteiger partial charge < -0.3 is 13.9 Å². The maximum Gasteiger partial charge on any atom is 0.192 e. The fourth-order valence-electron chi connectivity index (χ4n) is 3.24. The predicted molar refractivity (Wildman–Crippen MR) is 136 cm³/mol. The summed E-state index contributed by atoms with van der Waals surface area (Å²) in [6.07, 6.45) is 16.7. The normalized spacial score (nSPS) is 24.7. The van der Waals surface area contributed by atoms with Crippen LogP contribution in [0, 0.1) is 0 Å². The average molecular weight is 535 g/mol. The van der Waals surface area contributed by atoms with E-state index in [2.05, 4.69) is 97.8 Å². The number of halogens is 1. The van der Waals surface area contributed by atoms with Crippen molar-refractivity contribution >= 4 is 30.9 Å². The van der Waals surface area contributed by atoms with Crippen molar-refractivity contribution in [3.05, 3.63) is 34.5 Å². The number of allylic oxidation sites excluding steroid dienone is 3. The van der Waals surface area contributed by atoms with Crippen molar-refractivity contribution in [2.24, 2.45) is 0 Å². The van der Waals surface area contributed by atoms with Crippen LogP contribution in [-0.4, -0.2) is 32.4 Å². The van der Waals surface area contributed by atoms with Crippen LogP contribution in [-0.2, 0) is 13.9 Å². The topological polar surface area (TPSA) is 27.7 Å². The Balaban J connectivity index is 2.35. The molecule has 0 bridgehead atoms. The second kappa shape index (κ2) is 12.2. The summed E-state index contributed by atoms with van der Waals surface area (Å²) in [6, 6.07) is 0. The van der Waals surface area contributed by atoms with Gasteiger partial charge in [0.1, 0.15) is 0 Å². The highest BCUT2D eigenvalue weighted by molar-refractivity contribution is 14.1. The van der Waals surface area contributed by atoms with Gasteiger partial charge in [-0.3, -0.25) is 0 Å². The highest BCUT2D eigenvalue weighted by Gasteiger charge is 2.38. The van der Waals surface area contributed by atoms with Crippen molar-refractivity contribution in [3.8, 4) is 0 Å². The van der Waals surface area contributed by atoms with E-state index in [0.717, 1.165) is 32.1 Å². The standard InChI is InChI=1S/C24H43IO3Si/c1-20(28-29(7,8)23(2,3)4)15-12-10-9-11-13-16-21-19-22(17-14-18-25)27-24(5,6)26-21/h9,11,13-14,16,18,20-22H,10,12,15,17,19H2,1-8H3/b11-9+,16-13+,18-14-/t20-,21+,22+/m1/s1. The first-order valence-corrected chi connectivity index (χ1v) is 15.1. The van der Waals surface area contributed by atoms with Crippen LogP contribution in [0.15, 0.2) is 34.5 Å². The van der Waals surface area contributed by atoms with Crippen LogP contribution in [0.5, 0.6) is 0 Å². The lowest BCUT2D eigenvalue weighted by atomic mass is 10.0. The molecule has 1 fully saturated rings. The molecule has 3 atom stereocenters. The van der Waals surface area contributed by atoms with Gasteiger partial charge in [-0.05, 0) is 68.7 Å². The summed E-state index contributed by atoms with van der Waals surface area (Å²) in [6.45, 7) is 17.8. The molecule has 0 amide bonds. The lowest BCUT2D eigenvalue weighted by Crippen LogP contribution is -2.43. The number of ether oxygens (including phenoxy) is 2. The van der Waals surface area contributed by atoms with Gasteiger partial charge in [-0.25, -0.2) is 0 Å². The SMILES string of the molecule is C[C@H](CCC/C=C/C=C/[C@H]1C[C@H](C/C=C\I)OC(C)(C)O1)O[Si](C)(C)C(C)(C)C. The summed E-state index contributed by atoms with van der Waals surface area (Å²) < 4.78 is 20.5. The minimum Gasteiger partial charge on any atom is -0.414 e. The zero-order valence-corrected chi connectivity index (χ0v) is 23.0. The summed E-state index contributed by atoms with van der Waals surface area (Å²) in [5.41, 5.74) is 0. The smallest absolute Gasteiger partial charge is 0.192 e. The van der Waals surface area contributed by atoms with E-state index < -0.39 is 14.1 Å². The van der Waals surface area contributed by atoms with Gasteiger partial charge in [-0.1, -0.05) is 73.7 Å². The molecule has 1 aliphatic heterocycles. The summed E-state index contributed by atoms with van der Waals surface area (Å²) >= 11 is 2.25. The third kappa shape index (κ3) is 10.8. The molecule has 0 spiro atoms. The van der Waals surface area contributed by atoms with E-state index in [9.17, 15) is 0 Å². The molecule has 1 rings (SSSR count). The molecular weight excluding hydrogens is 491 g/mol. The van der Waals surface area contributed by atoms with Crippen LogP contribution in [0.1, 0.15) is 73.6 Å². The first-order chi connectivity index (χ1) is 13.4. The summed E-state index contributed by atoms with van der Waals surface area (Å²) in [7, 11) is -1.65. The zero-order chi connectivity index (χ0) is 22.1. The molecule has 168 valence electrons. The third-order valence-corrected chi connectivity index (χ3v) is 10.8. The van der Waals surface area contributed by atoms with Crippen molar-refractivity contribution in [1.29, 1.82) is 0 Å². The maximum atomic E-state index is 6.43. The molecule has 0 saturated carbocycles. The fourth-order valence-corrected chi connectivity index (χ4v) is 5.01. The molecule has 0 aromatic carbocycles. The van der Waals surface area contributed by atoms with Crippen LogP contribution >= 0.6 is 22.6 Å². The second-order valence-corrected chi connectivity index (χ2v) is 15.5. The molecular formula is C24H43IO3Si. The molecule has 5 heteroatoms. The van der Waals surface area contributed by atoms with E-state index >= 15 is 0 Å². The minimum atomic E-state index is -1.65. The minimum absolute atomic E-state index is 0.106. The van der Waals surface area contributed by atoms with Gasteiger partial charge in [0.15, 0.2) is 14.1 Å². The Morgan fingerprint density at radius 2 is 1.86 bits per heavy atom. The van der Waals surface area contributed by atoms with Gasteiger partial charge in [0, 0.05) is 12.5 Å². The van der Waals surface area contributed by atoms with Gasteiger partial charge in [-0.15, -0.1) is 0 Å². The van der Waals surface area contributed by atoms with Gasteiger partial charge in [0.2, 0.25) is 0 Å². The van der Waals surface area contributed by atoms with Gasteiger partial charge in [-0.2, -0.15) is 0 Å². The van der Waals surface area contributed by atoms with Gasteiger partial charge >= 0.3 is 0 Å². The predicted octanol–water partition coefficient (Wildman–Crippen LogP) is 7.93. The van der Waals surface area contributed by atoms with E-state index in [1.165, 1.54) is 0 Å². The summed E-state index contributed by atoms with van der Waals surface area (Å²) in [5.74, 6) is -0.527. The van der Waals surface area contributed by atoms with Crippen LogP contribution in [0.4, 0.5) is 0 Å². The quantitative estimate of drug-likeness (QED) is 0.123. The van der Waals surface area contributed by atoms with Gasteiger partial charge in [0.25, 0.3) is 0 Å². The Labute approximate surface area is 194 Å². The fraction of sp³-hybridized carbons (Fsp3) is 0.750. The van der Waals surface area contributed by atoms with Crippen LogP contribution in [0.2, 0.25) is 18.1 Å². The van der Waals surface area contributed by atoms with Crippen molar-refractivity contribution < 1.29 is 13.9 Å². The van der Waals surface area contributed by atoms with Crippen LogP contribution < -0.4 is 0 Å².